The van der Waals surface area contributed by atoms with Crippen molar-refractivity contribution >= 4 is 50.3 Å². The lowest BCUT2D eigenvalue weighted by atomic mass is 9.87. The van der Waals surface area contributed by atoms with Crippen LogP contribution in [0.3, 0.4) is 0 Å². The number of hydrogen-bond acceptors (Lipinski definition) is 4. The topological polar surface area (TPSA) is 70.7 Å². The summed E-state index contributed by atoms with van der Waals surface area (Å²) in [7, 11) is -3.62. The molecule has 6 nitrogen and oxygen atoms in total. The average Bonchev–Trinajstić information content (AvgIpc) is 2.70. The molecule has 1 aliphatic rings. The van der Waals surface area contributed by atoms with E-state index in [0.717, 1.165) is 5.69 Å². The van der Waals surface area contributed by atoms with E-state index >= 15 is 0 Å². The summed E-state index contributed by atoms with van der Waals surface area (Å²) in [6.45, 7) is 7.90. The monoisotopic (exact) mass is 467 g/mol. The number of thiocarbonyl (C=S) groups is 1. The molecule has 1 fully saturated rings. The number of anilines is 2. The molecule has 0 bridgehead atoms. The molecule has 162 valence electrons. The van der Waals surface area contributed by atoms with E-state index in [0.29, 0.717) is 42.1 Å². The van der Waals surface area contributed by atoms with Crippen LogP contribution in [0, 0.1) is 0 Å². The smallest absolute Gasteiger partial charge is 0.243 e. The third-order valence-electron chi connectivity index (χ3n) is 4.80. The number of halogens is 1. The second kappa shape index (κ2) is 9.20. The molecular formula is C21H26ClN3O3S2. The lowest BCUT2D eigenvalue weighted by Gasteiger charge is -2.26. The van der Waals surface area contributed by atoms with Gasteiger partial charge in [-0.1, -0.05) is 44.5 Å². The van der Waals surface area contributed by atoms with E-state index in [9.17, 15) is 8.42 Å². The molecule has 30 heavy (non-hydrogen) atoms. The van der Waals surface area contributed by atoms with Crippen molar-refractivity contribution in [1.82, 2.24) is 4.31 Å². The number of benzene rings is 2. The van der Waals surface area contributed by atoms with Crippen LogP contribution in [0.4, 0.5) is 11.4 Å². The van der Waals surface area contributed by atoms with E-state index in [1.165, 1.54) is 22.0 Å². The Morgan fingerprint density at radius 2 is 1.70 bits per heavy atom. The molecule has 0 saturated carbocycles. The third-order valence-corrected chi connectivity index (χ3v) is 7.23. The van der Waals surface area contributed by atoms with Gasteiger partial charge in [-0.2, -0.15) is 4.31 Å². The minimum atomic E-state index is -3.62. The molecule has 3 rings (SSSR count). The maximum atomic E-state index is 12.9. The first-order valence-corrected chi connectivity index (χ1v) is 11.9. The van der Waals surface area contributed by atoms with Crippen LogP contribution >= 0.6 is 23.8 Å². The van der Waals surface area contributed by atoms with Crippen molar-refractivity contribution in [3.05, 3.63) is 53.1 Å². The summed E-state index contributed by atoms with van der Waals surface area (Å²) in [5.41, 5.74) is 2.54. The number of ether oxygens (including phenoxy) is 1. The van der Waals surface area contributed by atoms with Gasteiger partial charge in [0.05, 0.1) is 28.8 Å². The summed E-state index contributed by atoms with van der Waals surface area (Å²) in [6.07, 6.45) is 0. The fraction of sp³-hybridized carbons (Fsp3) is 0.381. The van der Waals surface area contributed by atoms with E-state index in [-0.39, 0.29) is 10.3 Å². The van der Waals surface area contributed by atoms with Crippen molar-refractivity contribution in [1.29, 1.82) is 0 Å². The van der Waals surface area contributed by atoms with Gasteiger partial charge >= 0.3 is 0 Å². The number of nitrogens with zero attached hydrogens (tertiary/aromatic N) is 1. The van der Waals surface area contributed by atoms with E-state index in [1.807, 2.05) is 24.3 Å². The molecule has 0 aromatic heterocycles. The van der Waals surface area contributed by atoms with Crippen LogP contribution in [0.1, 0.15) is 26.3 Å². The van der Waals surface area contributed by atoms with Gasteiger partial charge in [-0.15, -0.1) is 0 Å². The Hall–Kier alpha value is -1.71. The predicted octanol–water partition coefficient (Wildman–Crippen LogP) is 4.47. The zero-order valence-corrected chi connectivity index (χ0v) is 19.6. The molecule has 1 saturated heterocycles. The van der Waals surface area contributed by atoms with Gasteiger partial charge in [0.1, 0.15) is 0 Å². The molecule has 9 heteroatoms. The van der Waals surface area contributed by atoms with Gasteiger partial charge in [-0.25, -0.2) is 8.42 Å². The number of hydrogen-bond donors (Lipinski definition) is 2. The van der Waals surface area contributed by atoms with Crippen LogP contribution in [0.25, 0.3) is 0 Å². The second-order valence-corrected chi connectivity index (χ2v) is 10.8. The van der Waals surface area contributed by atoms with Crippen LogP contribution in [0.2, 0.25) is 5.02 Å². The molecule has 2 N–H and O–H groups in total. The Kier molecular flexibility index (Phi) is 7.04. The largest absolute Gasteiger partial charge is 0.379 e. The van der Waals surface area contributed by atoms with Gasteiger partial charge in [0.2, 0.25) is 10.0 Å². The first kappa shape index (κ1) is 23.0. The van der Waals surface area contributed by atoms with Crippen molar-refractivity contribution in [2.24, 2.45) is 0 Å². The molecule has 0 unspecified atom stereocenters. The fourth-order valence-electron chi connectivity index (χ4n) is 3.03. The van der Waals surface area contributed by atoms with Gasteiger partial charge in [0.15, 0.2) is 5.11 Å². The summed E-state index contributed by atoms with van der Waals surface area (Å²) in [6, 6.07) is 12.6. The van der Waals surface area contributed by atoms with Crippen molar-refractivity contribution in [2.75, 3.05) is 36.9 Å². The Balaban J connectivity index is 1.73. The highest BCUT2D eigenvalue weighted by Crippen LogP contribution is 2.28. The molecular weight excluding hydrogens is 442 g/mol. The van der Waals surface area contributed by atoms with Gasteiger partial charge in [0, 0.05) is 18.8 Å². The highest BCUT2D eigenvalue weighted by atomic mass is 35.5. The van der Waals surface area contributed by atoms with Gasteiger partial charge < -0.3 is 15.4 Å². The Bertz CT molecular complexity index is 1010. The van der Waals surface area contributed by atoms with Crippen molar-refractivity contribution in [3.8, 4) is 0 Å². The summed E-state index contributed by atoms with van der Waals surface area (Å²) in [4.78, 5) is 0.161. The van der Waals surface area contributed by atoms with Crippen LogP contribution in [-0.2, 0) is 20.2 Å². The summed E-state index contributed by atoms with van der Waals surface area (Å²) in [5, 5.41) is 6.80. The first-order chi connectivity index (χ1) is 14.1. The molecule has 2 aromatic rings. The van der Waals surface area contributed by atoms with Crippen molar-refractivity contribution in [2.45, 2.75) is 31.1 Å². The number of morpholine rings is 1. The van der Waals surface area contributed by atoms with E-state index in [1.54, 1.807) is 6.07 Å². The minimum Gasteiger partial charge on any atom is -0.379 e. The number of nitrogens with one attached hydrogen (secondary N) is 2. The maximum Gasteiger partial charge on any atom is 0.243 e. The lowest BCUT2D eigenvalue weighted by molar-refractivity contribution is 0.0730. The van der Waals surface area contributed by atoms with E-state index < -0.39 is 10.0 Å². The van der Waals surface area contributed by atoms with Crippen molar-refractivity contribution in [3.63, 3.8) is 0 Å². The van der Waals surface area contributed by atoms with Gasteiger partial charge in [-0.3, -0.25) is 0 Å². The standard InChI is InChI=1S/C21H26ClN3O3S2/c1-21(2,3)15-4-6-16(7-5-15)23-20(29)24-19-14-17(8-9-18(19)22)30(26,27)25-10-12-28-13-11-25/h4-9,14H,10-13H2,1-3H3,(H2,23,24,29). The van der Waals surface area contributed by atoms with Crippen LogP contribution in [0.5, 0.6) is 0 Å². The summed E-state index contributed by atoms with van der Waals surface area (Å²) < 4.78 is 32.4. The van der Waals surface area contributed by atoms with Crippen molar-refractivity contribution < 1.29 is 13.2 Å². The molecule has 0 atom stereocenters. The minimum absolute atomic E-state index is 0.0667. The molecule has 1 aliphatic heterocycles. The molecule has 0 amide bonds. The summed E-state index contributed by atoms with van der Waals surface area (Å²) in [5.74, 6) is 0. The quantitative estimate of drug-likeness (QED) is 0.646. The fourth-order valence-corrected chi connectivity index (χ4v) is 4.86. The zero-order chi connectivity index (χ0) is 21.9. The maximum absolute atomic E-state index is 12.9. The van der Waals surface area contributed by atoms with Gasteiger partial charge in [-0.05, 0) is 53.5 Å². The van der Waals surface area contributed by atoms with Gasteiger partial charge in [0.25, 0.3) is 0 Å². The highest BCUT2D eigenvalue weighted by Gasteiger charge is 2.27. The Labute approximate surface area is 188 Å². The van der Waals surface area contributed by atoms with Crippen LogP contribution < -0.4 is 10.6 Å². The predicted molar refractivity (Wildman–Crippen MR) is 126 cm³/mol. The van der Waals surface area contributed by atoms with E-state index in [4.69, 9.17) is 28.6 Å². The highest BCUT2D eigenvalue weighted by molar-refractivity contribution is 7.89. The normalized spacial score (nSPS) is 15.6. The molecule has 0 aliphatic carbocycles. The summed E-state index contributed by atoms with van der Waals surface area (Å²) >= 11 is 11.7. The lowest BCUT2D eigenvalue weighted by Crippen LogP contribution is -2.40. The van der Waals surface area contributed by atoms with Crippen LogP contribution in [0.15, 0.2) is 47.4 Å². The van der Waals surface area contributed by atoms with Crippen LogP contribution in [-0.4, -0.2) is 44.1 Å². The number of rotatable bonds is 4. The second-order valence-electron chi connectivity index (χ2n) is 8.06. The zero-order valence-electron chi connectivity index (χ0n) is 17.2. The SMILES string of the molecule is CC(C)(C)c1ccc(NC(=S)Nc2cc(S(=O)(=O)N3CCOCC3)ccc2Cl)cc1. The third kappa shape index (κ3) is 5.50. The molecule has 0 radical (unpaired) electrons. The Morgan fingerprint density at radius 3 is 2.30 bits per heavy atom. The number of sulfonamides is 1. The Morgan fingerprint density at radius 1 is 1.07 bits per heavy atom. The average molecular weight is 468 g/mol. The molecule has 0 spiro atoms. The molecule has 1 heterocycles. The molecule has 2 aromatic carbocycles. The van der Waals surface area contributed by atoms with E-state index in [2.05, 4.69) is 31.4 Å². The first-order valence-electron chi connectivity index (χ1n) is 9.63.